The third-order valence-corrected chi connectivity index (χ3v) is 3.50. The van der Waals surface area contributed by atoms with Crippen molar-refractivity contribution in [1.82, 2.24) is 10.2 Å². The lowest BCUT2D eigenvalue weighted by Gasteiger charge is -2.30. The van der Waals surface area contributed by atoms with Gasteiger partial charge in [-0.05, 0) is 24.6 Å². The summed E-state index contributed by atoms with van der Waals surface area (Å²) in [5.41, 5.74) is 0.775. The molecule has 0 spiro atoms. The third kappa shape index (κ3) is 5.98. The summed E-state index contributed by atoms with van der Waals surface area (Å²) in [6, 6.07) is 5.30. The lowest BCUT2D eigenvalue weighted by Crippen LogP contribution is -2.49. The fraction of sp³-hybridized carbons (Fsp3) is 0.529. The molecule has 0 saturated carbocycles. The number of hydrogen-bond donors (Lipinski definition) is 1. The highest BCUT2D eigenvalue weighted by molar-refractivity contribution is 5.88. The maximum atomic E-state index is 13.0. The van der Waals surface area contributed by atoms with Gasteiger partial charge in [0.25, 0.3) is 0 Å². The molecule has 1 N–H and O–H groups in total. The van der Waals surface area contributed by atoms with E-state index in [4.69, 9.17) is 4.74 Å². The number of carbonyl (C=O) groups is 2. The van der Waals surface area contributed by atoms with Crippen molar-refractivity contribution in [3.63, 3.8) is 0 Å². The minimum atomic E-state index is -0.619. The maximum absolute atomic E-state index is 13.0. The first-order chi connectivity index (χ1) is 10.9. The van der Waals surface area contributed by atoms with E-state index in [1.165, 1.54) is 17.0 Å². The molecule has 0 heterocycles. The lowest BCUT2D eigenvalue weighted by molar-refractivity contribution is -0.143. The highest BCUT2D eigenvalue weighted by atomic mass is 19.1. The summed E-state index contributed by atoms with van der Waals surface area (Å²) in [4.78, 5) is 26.2. The van der Waals surface area contributed by atoms with E-state index in [2.05, 4.69) is 5.32 Å². The molecule has 1 atom stereocenters. The number of amides is 2. The fourth-order valence-corrected chi connectivity index (χ4v) is 2.09. The van der Waals surface area contributed by atoms with Crippen molar-refractivity contribution in [2.24, 2.45) is 5.92 Å². The minimum absolute atomic E-state index is 0.122. The van der Waals surface area contributed by atoms with Crippen molar-refractivity contribution in [3.05, 3.63) is 35.6 Å². The van der Waals surface area contributed by atoms with Crippen LogP contribution in [-0.2, 0) is 20.9 Å². The Balaban J connectivity index is 2.84. The van der Waals surface area contributed by atoms with Gasteiger partial charge >= 0.3 is 0 Å². The van der Waals surface area contributed by atoms with Gasteiger partial charge in [-0.15, -0.1) is 0 Å². The summed E-state index contributed by atoms with van der Waals surface area (Å²) in [6.45, 7) is 6.32. The van der Waals surface area contributed by atoms with Crippen LogP contribution in [-0.4, -0.2) is 43.0 Å². The van der Waals surface area contributed by atoms with Crippen LogP contribution in [0.15, 0.2) is 24.3 Å². The van der Waals surface area contributed by atoms with Crippen LogP contribution in [0.1, 0.15) is 26.3 Å². The molecule has 128 valence electrons. The van der Waals surface area contributed by atoms with Crippen LogP contribution in [0.5, 0.6) is 0 Å². The molecule has 1 aromatic carbocycles. The Bertz CT molecular complexity index is 517. The van der Waals surface area contributed by atoms with Crippen LogP contribution < -0.4 is 5.32 Å². The number of halogens is 1. The molecule has 6 heteroatoms. The van der Waals surface area contributed by atoms with Gasteiger partial charge in [0.05, 0.1) is 6.61 Å². The summed E-state index contributed by atoms with van der Waals surface area (Å²) in [5.74, 6) is -0.924. The molecule has 0 radical (unpaired) electrons. The average molecular weight is 324 g/mol. The molecule has 0 aromatic heterocycles. The van der Waals surface area contributed by atoms with E-state index < -0.39 is 6.04 Å². The number of rotatable bonds is 8. The maximum Gasteiger partial charge on any atom is 0.242 e. The molecule has 1 aromatic rings. The van der Waals surface area contributed by atoms with Gasteiger partial charge in [-0.2, -0.15) is 0 Å². The molecular weight excluding hydrogens is 299 g/mol. The molecule has 0 fully saturated rings. The predicted molar refractivity (Wildman–Crippen MR) is 86.1 cm³/mol. The molecule has 2 amide bonds. The van der Waals surface area contributed by atoms with Gasteiger partial charge in [-0.25, -0.2) is 4.39 Å². The van der Waals surface area contributed by atoms with Crippen LogP contribution in [0.3, 0.4) is 0 Å². The topological polar surface area (TPSA) is 58.6 Å². The number of carbonyl (C=O) groups excluding carboxylic acids is 2. The van der Waals surface area contributed by atoms with E-state index in [1.807, 2.05) is 0 Å². The van der Waals surface area contributed by atoms with E-state index in [1.54, 1.807) is 40.0 Å². The molecular formula is C17H25FN2O3. The third-order valence-electron chi connectivity index (χ3n) is 3.50. The standard InChI is InChI=1S/C17H25FN2O3/c1-12(2)17(22)20(11-14-5-7-15(18)8-6-14)13(3)16(21)19-9-10-23-4/h5-8,12-13H,9-11H2,1-4H3,(H,19,21). The van der Waals surface area contributed by atoms with Crippen LogP contribution in [0, 0.1) is 11.7 Å². The van der Waals surface area contributed by atoms with E-state index in [0.29, 0.717) is 13.2 Å². The van der Waals surface area contributed by atoms with Gasteiger partial charge in [0.2, 0.25) is 11.8 Å². The summed E-state index contributed by atoms with van der Waals surface area (Å²) in [7, 11) is 1.55. The van der Waals surface area contributed by atoms with Gasteiger partial charge in [0.15, 0.2) is 0 Å². The first-order valence-electron chi connectivity index (χ1n) is 7.68. The summed E-state index contributed by atoms with van der Waals surface area (Å²) in [6.07, 6.45) is 0. The smallest absolute Gasteiger partial charge is 0.242 e. The van der Waals surface area contributed by atoms with E-state index in [0.717, 1.165) is 5.56 Å². The molecule has 0 saturated heterocycles. The van der Waals surface area contributed by atoms with Gasteiger partial charge in [-0.3, -0.25) is 9.59 Å². The summed E-state index contributed by atoms with van der Waals surface area (Å²) < 4.78 is 17.9. The van der Waals surface area contributed by atoms with E-state index in [-0.39, 0.29) is 30.1 Å². The SMILES string of the molecule is COCCNC(=O)C(C)N(Cc1ccc(F)cc1)C(=O)C(C)C. The molecule has 1 rings (SSSR count). The first-order valence-corrected chi connectivity index (χ1v) is 7.68. The predicted octanol–water partition coefficient (Wildman–Crippen LogP) is 1.96. The quantitative estimate of drug-likeness (QED) is 0.744. The second kappa shape index (κ2) is 9.25. The summed E-state index contributed by atoms with van der Waals surface area (Å²) in [5, 5.41) is 2.73. The Morgan fingerprint density at radius 2 is 1.83 bits per heavy atom. The molecule has 0 aliphatic carbocycles. The molecule has 1 unspecified atom stereocenters. The van der Waals surface area contributed by atoms with Gasteiger partial charge in [-0.1, -0.05) is 26.0 Å². The Labute approximate surface area is 136 Å². The zero-order valence-corrected chi connectivity index (χ0v) is 14.1. The zero-order valence-electron chi connectivity index (χ0n) is 14.1. The van der Waals surface area contributed by atoms with Crippen LogP contribution in [0.2, 0.25) is 0 Å². The number of nitrogens with one attached hydrogen (secondary N) is 1. The van der Waals surface area contributed by atoms with Crippen molar-refractivity contribution in [1.29, 1.82) is 0 Å². The van der Waals surface area contributed by atoms with E-state index >= 15 is 0 Å². The van der Waals surface area contributed by atoms with E-state index in [9.17, 15) is 14.0 Å². The Hall–Kier alpha value is -1.95. The Morgan fingerprint density at radius 1 is 1.22 bits per heavy atom. The monoisotopic (exact) mass is 324 g/mol. The van der Waals surface area contributed by atoms with Crippen molar-refractivity contribution >= 4 is 11.8 Å². The highest BCUT2D eigenvalue weighted by Crippen LogP contribution is 2.13. The van der Waals surface area contributed by atoms with Crippen LogP contribution >= 0.6 is 0 Å². The van der Waals surface area contributed by atoms with Crippen molar-refractivity contribution < 1.29 is 18.7 Å². The minimum Gasteiger partial charge on any atom is -0.383 e. The second-order valence-electron chi connectivity index (χ2n) is 5.71. The number of nitrogens with zero attached hydrogens (tertiary/aromatic N) is 1. The van der Waals surface area contributed by atoms with Crippen molar-refractivity contribution in [2.75, 3.05) is 20.3 Å². The zero-order chi connectivity index (χ0) is 17.4. The van der Waals surface area contributed by atoms with Crippen molar-refractivity contribution in [3.8, 4) is 0 Å². The van der Waals surface area contributed by atoms with Gasteiger partial charge < -0.3 is 15.0 Å². The molecule has 0 aliphatic heterocycles. The number of benzene rings is 1. The second-order valence-corrected chi connectivity index (χ2v) is 5.71. The van der Waals surface area contributed by atoms with Crippen molar-refractivity contribution in [2.45, 2.75) is 33.4 Å². The lowest BCUT2D eigenvalue weighted by atomic mass is 10.1. The summed E-state index contributed by atoms with van der Waals surface area (Å²) >= 11 is 0. The Kier molecular flexibility index (Phi) is 7.68. The number of methoxy groups -OCH3 is 1. The first kappa shape index (κ1) is 19.1. The molecule has 0 bridgehead atoms. The number of ether oxygens (including phenoxy) is 1. The Morgan fingerprint density at radius 3 is 2.35 bits per heavy atom. The molecule has 23 heavy (non-hydrogen) atoms. The molecule has 0 aliphatic rings. The highest BCUT2D eigenvalue weighted by Gasteiger charge is 2.27. The van der Waals surface area contributed by atoms with Gasteiger partial charge in [0.1, 0.15) is 11.9 Å². The largest absolute Gasteiger partial charge is 0.383 e. The van der Waals surface area contributed by atoms with Gasteiger partial charge in [0, 0.05) is 26.1 Å². The average Bonchev–Trinajstić information content (AvgIpc) is 2.53. The fourth-order valence-electron chi connectivity index (χ4n) is 2.09. The van der Waals surface area contributed by atoms with Crippen LogP contribution in [0.25, 0.3) is 0 Å². The normalized spacial score (nSPS) is 12.1. The van der Waals surface area contributed by atoms with Crippen LogP contribution in [0.4, 0.5) is 4.39 Å². The molecule has 5 nitrogen and oxygen atoms in total. The number of hydrogen-bond acceptors (Lipinski definition) is 3.